The van der Waals surface area contributed by atoms with E-state index in [9.17, 15) is 0 Å². The van der Waals surface area contributed by atoms with Crippen molar-refractivity contribution < 1.29 is 4.74 Å². The van der Waals surface area contributed by atoms with Gasteiger partial charge in [0.05, 0.1) is 7.11 Å². The Morgan fingerprint density at radius 2 is 1.86 bits per heavy atom. The van der Waals surface area contributed by atoms with Crippen LogP contribution in [0.2, 0.25) is 0 Å². The number of hydrogen-bond acceptors (Lipinski definition) is 3. The summed E-state index contributed by atoms with van der Waals surface area (Å²) in [6, 6.07) is 9.49. The first-order valence-electron chi connectivity index (χ1n) is 8.22. The highest BCUT2D eigenvalue weighted by molar-refractivity contribution is 5.29. The van der Waals surface area contributed by atoms with Gasteiger partial charge in [0.25, 0.3) is 0 Å². The summed E-state index contributed by atoms with van der Waals surface area (Å²) in [6.45, 7) is 7.07. The van der Waals surface area contributed by atoms with Crippen LogP contribution < -0.4 is 10.1 Å². The summed E-state index contributed by atoms with van der Waals surface area (Å²) in [5, 5.41) is 3.85. The van der Waals surface area contributed by atoms with Crippen LogP contribution >= 0.6 is 0 Å². The van der Waals surface area contributed by atoms with Gasteiger partial charge in [-0.1, -0.05) is 19.1 Å². The zero-order chi connectivity index (χ0) is 15.2. The van der Waals surface area contributed by atoms with Crippen LogP contribution in [0.15, 0.2) is 24.3 Å². The summed E-state index contributed by atoms with van der Waals surface area (Å²) in [5.41, 5.74) is 1.36. The average molecular weight is 290 g/mol. The molecule has 3 heteroatoms. The SMILES string of the molecule is CCC(NC(C)C1CCN(C)CC1)c1ccc(OC)cc1. The summed E-state index contributed by atoms with van der Waals surface area (Å²) >= 11 is 0. The number of piperidine rings is 1. The normalized spacial score (nSPS) is 20.2. The maximum absolute atomic E-state index is 5.24. The number of hydrogen-bond donors (Lipinski definition) is 1. The molecule has 21 heavy (non-hydrogen) atoms. The lowest BCUT2D eigenvalue weighted by Crippen LogP contribution is -2.41. The van der Waals surface area contributed by atoms with E-state index in [1.165, 1.54) is 31.5 Å². The lowest BCUT2D eigenvalue weighted by Gasteiger charge is -2.35. The molecule has 1 heterocycles. The van der Waals surface area contributed by atoms with Gasteiger partial charge in [-0.3, -0.25) is 0 Å². The highest BCUT2D eigenvalue weighted by Crippen LogP contribution is 2.25. The van der Waals surface area contributed by atoms with Gasteiger partial charge in [0.2, 0.25) is 0 Å². The molecular formula is C18H30N2O. The first-order chi connectivity index (χ1) is 10.1. The van der Waals surface area contributed by atoms with Crippen molar-refractivity contribution in [3.8, 4) is 5.75 Å². The van der Waals surface area contributed by atoms with E-state index in [0.717, 1.165) is 18.1 Å². The Hall–Kier alpha value is -1.06. The van der Waals surface area contributed by atoms with Gasteiger partial charge in [-0.15, -0.1) is 0 Å². The van der Waals surface area contributed by atoms with Gasteiger partial charge in [-0.25, -0.2) is 0 Å². The van der Waals surface area contributed by atoms with E-state index < -0.39 is 0 Å². The summed E-state index contributed by atoms with van der Waals surface area (Å²) in [4.78, 5) is 2.43. The molecule has 0 amide bonds. The third kappa shape index (κ3) is 4.45. The van der Waals surface area contributed by atoms with Crippen molar-refractivity contribution in [3.63, 3.8) is 0 Å². The standard InChI is InChI=1S/C18H30N2O/c1-5-18(16-6-8-17(21-4)9-7-16)19-14(2)15-10-12-20(3)13-11-15/h6-9,14-15,18-19H,5,10-13H2,1-4H3. The molecule has 1 aliphatic rings. The molecule has 1 aromatic carbocycles. The Balaban J connectivity index is 1.94. The second kappa shape index (κ2) is 7.81. The molecule has 0 spiro atoms. The zero-order valence-corrected chi connectivity index (χ0v) is 13.9. The third-order valence-electron chi connectivity index (χ3n) is 4.86. The first-order valence-corrected chi connectivity index (χ1v) is 8.22. The van der Waals surface area contributed by atoms with Gasteiger partial charge >= 0.3 is 0 Å². The van der Waals surface area contributed by atoms with E-state index in [1.807, 2.05) is 0 Å². The minimum atomic E-state index is 0.436. The van der Waals surface area contributed by atoms with Crippen LogP contribution in [0.3, 0.4) is 0 Å². The fraction of sp³-hybridized carbons (Fsp3) is 0.667. The molecule has 2 atom stereocenters. The predicted octanol–water partition coefficient (Wildman–Crippen LogP) is 3.47. The fourth-order valence-electron chi connectivity index (χ4n) is 3.27. The maximum atomic E-state index is 5.24. The summed E-state index contributed by atoms with van der Waals surface area (Å²) in [7, 11) is 3.94. The topological polar surface area (TPSA) is 24.5 Å². The van der Waals surface area contributed by atoms with Crippen molar-refractivity contribution in [1.82, 2.24) is 10.2 Å². The molecule has 1 aliphatic heterocycles. The van der Waals surface area contributed by atoms with Gasteiger partial charge in [-0.05, 0) is 69.9 Å². The molecule has 1 fully saturated rings. The molecule has 3 nitrogen and oxygen atoms in total. The smallest absolute Gasteiger partial charge is 0.118 e. The molecular weight excluding hydrogens is 260 g/mol. The van der Waals surface area contributed by atoms with E-state index in [0.29, 0.717) is 12.1 Å². The Morgan fingerprint density at radius 3 is 2.38 bits per heavy atom. The number of ether oxygens (including phenoxy) is 1. The Labute approximate surface area is 129 Å². The van der Waals surface area contributed by atoms with Crippen LogP contribution in [0.4, 0.5) is 0 Å². The number of rotatable bonds is 6. The monoisotopic (exact) mass is 290 g/mol. The van der Waals surface area contributed by atoms with Crippen LogP contribution in [0.25, 0.3) is 0 Å². The van der Waals surface area contributed by atoms with Crippen molar-refractivity contribution in [2.24, 2.45) is 5.92 Å². The third-order valence-corrected chi connectivity index (χ3v) is 4.86. The second-order valence-electron chi connectivity index (χ2n) is 6.33. The molecule has 2 unspecified atom stereocenters. The second-order valence-corrected chi connectivity index (χ2v) is 6.33. The van der Waals surface area contributed by atoms with Crippen LogP contribution in [0, 0.1) is 5.92 Å². The van der Waals surface area contributed by atoms with Gasteiger partial charge in [0.1, 0.15) is 5.75 Å². The maximum Gasteiger partial charge on any atom is 0.118 e. The minimum Gasteiger partial charge on any atom is -0.497 e. The van der Waals surface area contributed by atoms with Crippen LogP contribution in [0.5, 0.6) is 5.75 Å². The summed E-state index contributed by atoms with van der Waals surface area (Å²) in [6.07, 6.45) is 3.73. The van der Waals surface area contributed by atoms with Crippen LogP contribution in [0.1, 0.15) is 44.7 Å². The molecule has 0 bridgehead atoms. The average Bonchev–Trinajstić information content (AvgIpc) is 2.53. The quantitative estimate of drug-likeness (QED) is 0.868. The highest BCUT2D eigenvalue weighted by Gasteiger charge is 2.24. The number of methoxy groups -OCH3 is 1. The zero-order valence-electron chi connectivity index (χ0n) is 13.9. The van der Waals surface area contributed by atoms with Gasteiger partial charge in [-0.2, -0.15) is 0 Å². The lowest BCUT2D eigenvalue weighted by atomic mass is 9.89. The van der Waals surface area contributed by atoms with Gasteiger partial charge in [0.15, 0.2) is 0 Å². The molecule has 118 valence electrons. The molecule has 1 aromatic rings. The predicted molar refractivity (Wildman–Crippen MR) is 88.8 cm³/mol. The van der Waals surface area contributed by atoms with Crippen molar-refractivity contribution in [1.29, 1.82) is 0 Å². The molecule has 0 radical (unpaired) electrons. The number of nitrogens with zero attached hydrogens (tertiary/aromatic N) is 1. The van der Waals surface area contributed by atoms with Gasteiger partial charge in [0, 0.05) is 12.1 Å². The van der Waals surface area contributed by atoms with Gasteiger partial charge < -0.3 is 15.0 Å². The molecule has 0 saturated carbocycles. The van der Waals surface area contributed by atoms with E-state index in [1.54, 1.807) is 7.11 Å². The Morgan fingerprint density at radius 1 is 1.24 bits per heavy atom. The molecule has 2 rings (SSSR count). The largest absolute Gasteiger partial charge is 0.497 e. The van der Waals surface area contributed by atoms with E-state index >= 15 is 0 Å². The van der Waals surface area contributed by atoms with Crippen molar-refractivity contribution >= 4 is 0 Å². The minimum absolute atomic E-state index is 0.436. The first kappa shape index (κ1) is 16.3. The van der Waals surface area contributed by atoms with E-state index in [4.69, 9.17) is 4.74 Å². The van der Waals surface area contributed by atoms with Crippen LogP contribution in [-0.4, -0.2) is 38.2 Å². The molecule has 1 saturated heterocycles. The molecule has 0 aliphatic carbocycles. The highest BCUT2D eigenvalue weighted by atomic mass is 16.5. The van der Waals surface area contributed by atoms with Crippen molar-refractivity contribution in [2.45, 2.75) is 45.2 Å². The summed E-state index contributed by atoms with van der Waals surface area (Å²) < 4.78 is 5.24. The van der Waals surface area contributed by atoms with Crippen molar-refractivity contribution in [2.75, 3.05) is 27.2 Å². The molecule has 1 N–H and O–H groups in total. The molecule has 0 aromatic heterocycles. The van der Waals surface area contributed by atoms with E-state index in [-0.39, 0.29) is 0 Å². The number of likely N-dealkylation sites (tertiary alicyclic amines) is 1. The fourth-order valence-corrected chi connectivity index (χ4v) is 3.27. The number of benzene rings is 1. The van der Waals surface area contributed by atoms with Crippen LogP contribution in [-0.2, 0) is 0 Å². The van der Waals surface area contributed by atoms with E-state index in [2.05, 4.69) is 55.4 Å². The lowest BCUT2D eigenvalue weighted by molar-refractivity contribution is 0.183. The Kier molecular flexibility index (Phi) is 6.07. The Bertz CT molecular complexity index is 410. The summed E-state index contributed by atoms with van der Waals surface area (Å²) in [5.74, 6) is 1.73. The van der Waals surface area contributed by atoms with Crippen molar-refractivity contribution in [3.05, 3.63) is 29.8 Å². The number of nitrogens with one attached hydrogen (secondary N) is 1.